The summed E-state index contributed by atoms with van der Waals surface area (Å²) < 4.78 is 5.49. The van der Waals surface area contributed by atoms with Crippen molar-refractivity contribution in [3.8, 4) is 0 Å². The smallest absolute Gasteiger partial charge is 0.0900 e. The van der Waals surface area contributed by atoms with Crippen molar-refractivity contribution in [2.24, 2.45) is 0 Å². The second kappa shape index (κ2) is 6.84. The third-order valence-corrected chi connectivity index (χ3v) is 4.66. The number of thiophene rings is 1. The Hall–Kier alpha value is -0.420. The average Bonchev–Trinajstić information content (AvgIpc) is 2.84. The molecule has 1 N–H and O–H groups in total. The van der Waals surface area contributed by atoms with Crippen LogP contribution in [0.15, 0.2) is 11.4 Å². The zero-order valence-electron chi connectivity index (χ0n) is 12.1. The lowest BCUT2D eigenvalue weighted by atomic mass is 9.97. The van der Waals surface area contributed by atoms with E-state index in [2.05, 4.69) is 23.3 Å². The van der Waals surface area contributed by atoms with Gasteiger partial charge in [0.15, 0.2) is 0 Å². The number of β-amino-alcohol motifs (C(OH)–C–C–N with tert-alkyl or cyclic N) is 1. The highest BCUT2D eigenvalue weighted by Crippen LogP contribution is 2.35. The quantitative estimate of drug-likeness (QED) is 0.871. The lowest BCUT2D eigenvalue weighted by Gasteiger charge is -2.36. The van der Waals surface area contributed by atoms with Crippen LogP contribution in [0.4, 0.5) is 0 Å². The second-order valence-electron chi connectivity index (χ2n) is 5.50. The van der Waals surface area contributed by atoms with Crippen molar-refractivity contribution >= 4 is 11.3 Å². The van der Waals surface area contributed by atoms with Crippen LogP contribution in [0.5, 0.6) is 0 Å². The SMILES string of the molecule is CC[C@@H]1c2ccsc2CCN1C[C@@H](O)COC(C)C. The summed E-state index contributed by atoms with van der Waals surface area (Å²) >= 11 is 1.87. The molecule has 108 valence electrons. The first-order chi connectivity index (χ1) is 9.11. The van der Waals surface area contributed by atoms with E-state index in [1.54, 1.807) is 0 Å². The normalized spacial score (nSPS) is 21.6. The van der Waals surface area contributed by atoms with Gasteiger partial charge in [0, 0.05) is 24.0 Å². The van der Waals surface area contributed by atoms with Gasteiger partial charge in [0.25, 0.3) is 0 Å². The lowest BCUT2D eigenvalue weighted by Crippen LogP contribution is -2.41. The monoisotopic (exact) mass is 283 g/mol. The molecule has 0 radical (unpaired) electrons. The van der Waals surface area contributed by atoms with Gasteiger partial charge in [-0.25, -0.2) is 0 Å². The van der Waals surface area contributed by atoms with Crippen molar-refractivity contribution in [2.45, 2.75) is 51.9 Å². The number of hydrogen-bond acceptors (Lipinski definition) is 4. The predicted molar refractivity (Wildman–Crippen MR) is 79.7 cm³/mol. The number of aliphatic hydroxyl groups excluding tert-OH is 1. The molecule has 0 fully saturated rings. The largest absolute Gasteiger partial charge is 0.389 e. The van der Waals surface area contributed by atoms with Crippen LogP contribution in [0.1, 0.15) is 43.7 Å². The van der Waals surface area contributed by atoms with Gasteiger partial charge in [-0.1, -0.05) is 6.92 Å². The number of ether oxygens (including phenoxy) is 1. The van der Waals surface area contributed by atoms with Crippen molar-refractivity contribution in [2.75, 3.05) is 19.7 Å². The van der Waals surface area contributed by atoms with Crippen LogP contribution >= 0.6 is 11.3 Å². The molecular weight excluding hydrogens is 258 g/mol. The standard InChI is InChI=1S/C15H25NO2S/c1-4-14-13-6-8-19-15(13)5-7-16(14)9-12(17)10-18-11(2)3/h6,8,11-12,14,17H,4-5,7,9-10H2,1-3H3/t12-,14-/m1/s1. The fourth-order valence-corrected chi connectivity index (χ4v) is 3.70. The highest BCUT2D eigenvalue weighted by molar-refractivity contribution is 7.10. The van der Waals surface area contributed by atoms with E-state index in [1.807, 2.05) is 25.2 Å². The van der Waals surface area contributed by atoms with Gasteiger partial charge >= 0.3 is 0 Å². The van der Waals surface area contributed by atoms with E-state index in [0.29, 0.717) is 19.2 Å². The van der Waals surface area contributed by atoms with Crippen molar-refractivity contribution in [3.05, 3.63) is 21.9 Å². The molecule has 0 saturated carbocycles. The van der Waals surface area contributed by atoms with Crippen LogP contribution < -0.4 is 0 Å². The van der Waals surface area contributed by atoms with E-state index < -0.39 is 6.10 Å². The van der Waals surface area contributed by atoms with E-state index in [-0.39, 0.29) is 6.10 Å². The second-order valence-corrected chi connectivity index (χ2v) is 6.50. The third-order valence-electron chi connectivity index (χ3n) is 3.66. The summed E-state index contributed by atoms with van der Waals surface area (Å²) in [5.74, 6) is 0. The molecule has 2 heterocycles. The summed E-state index contributed by atoms with van der Waals surface area (Å²) in [4.78, 5) is 3.93. The molecule has 0 amide bonds. The molecule has 2 rings (SSSR count). The highest BCUT2D eigenvalue weighted by atomic mass is 32.1. The van der Waals surface area contributed by atoms with Crippen LogP contribution in [-0.4, -0.2) is 41.9 Å². The molecule has 19 heavy (non-hydrogen) atoms. The molecular formula is C15H25NO2S. The van der Waals surface area contributed by atoms with E-state index in [0.717, 1.165) is 19.4 Å². The van der Waals surface area contributed by atoms with Crippen molar-refractivity contribution < 1.29 is 9.84 Å². The van der Waals surface area contributed by atoms with Crippen LogP contribution in [0.25, 0.3) is 0 Å². The summed E-state index contributed by atoms with van der Waals surface area (Å²) in [7, 11) is 0. The summed E-state index contributed by atoms with van der Waals surface area (Å²) in [6.45, 7) is 8.41. The van der Waals surface area contributed by atoms with Crippen molar-refractivity contribution in [3.63, 3.8) is 0 Å². The third kappa shape index (κ3) is 3.78. The average molecular weight is 283 g/mol. The first kappa shape index (κ1) is 15.0. The summed E-state index contributed by atoms with van der Waals surface area (Å²) in [6.07, 6.45) is 2.00. The van der Waals surface area contributed by atoms with Gasteiger partial charge in [-0.15, -0.1) is 11.3 Å². The van der Waals surface area contributed by atoms with Crippen molar-refractivity contribution in [1.29, 1.82) is 0 Å². The minimum absolute atomic E-state index is 0.182. The molecule has 0 spiro atoms. The summed E-state index contributed by atoms with van der Waals surface area (Å²) in [5.41, 5.74) is 1.47. The number of rotatable bonds is 6. The molecule has 0 aliphatic carbocycles. The van der Waals surface area contributed by atoms with Gasteiger partial charge in [0.1, 0.15) is 0 Å². The maximum atomic E-state index is 10.1. The first-order valence-electron chi connectivity index (χ1n) is 7.21. The Kier molecular flexibility index (Phi) is 5.39. The van der Waals surface area contributed by atoms with Crippen LogP contribution in [0.3, 0.4) is 0 Å². The lowest BCUT2D eigenvalue weighted by molar-refractivity contribution is -0.0157. The molecule has 1 aromatic rings. The van der Waals surface area contributed by atoms with Gasteiger partial charge < -0.3 is 9.84 Å². The molecule has 1 aliphatic rings. The molecule has 0 saturated heterocycles. The molecule has 0 bridgehead atoms. The Labute approximate surface area is 120 Å². The Bertz CT molecular complexity index is 391. The molecule has 1 aromatic heterocycles. The number of fused-ring (bicyclic) bond motifs is 1. The summed E-state index contributed by atoms with van der Waals surface area (Å²) in [5, 5.41) is 12.3. The molecule has 4 heteroatoms. The summed E-state index contributed by atoms with van der Waals surface area (Å²) in [6, 6.07) is 2.71. The molecule has 3 nitrogen and oxygen atoms in total. The van der Waals surface area contributed by atoms with Gasteiger partial charge in [0.05, 0.1) is 18.8 Å². The predicted octanol–water partition coefficient (Wildman–Crippen LogP) is 2.84. The fourth-order valence-electron chi connectivity index (χ4n) is 2.77. The van der Waals surface area contributed by atoms with E-state index >= 15 is 0 Å². The highest BCUT2D eigenvalue weighted by Gasteiger charge is 2.28. The van der Waals surface area contributed by atoms with Crippen LogP contribution in [0, 0.1) is 0 Å². The van der Waals surface area contributed by atoms with Crippen LogP contribution in [-0.2, 0) is 11.2 Å². The molecule has 0 aromatic carbocycles. The Morgan fingerprint density at radius 1 is 1.53 bits per heavy atom. The minimum atomic E-state index is -0.392. The Morgan fingerprint density at radius 2 is 2.32 bits per heavy atom. The molecule has 0 unspecified atom stereocenters. The van der Waals surface area contributed by atoms with E-state index in [1.165, 1.54) is 10.4 Å². The van der Waals surface area contributed by atoms with Gasteiger partial charge in [-0.3, -0.25) is 4.90 Å². The maximum absolute atomic E-state index is 10.1. The van der Waals surface area contributed by atoms with Crippen molar-refractivity contribution in [1.82, 2.24) is 4.90 Å². The zero-order valence-corrected chi connectivity index (χ0v) is 12.9. The fraction of sp³-hybridized carbons (Fsp3) is 0.733. The zero-order chi connectivity index (χ0) is 13.8. The topological polar surface area (TPSA) is 32.7 Å². The maximum Gasteiger partial charge on any atom is 0.0900 e. The van der Waals surface area contributed by atoms with Gasteiger partial charge in [-0.05, 0) is 43.7 Å². The number of aliphatic hydroxyl groups is 1. The van der Waals surface area contributed by atoms with E-state index in [9.17, 15) is 5.11 Å². The Balaban J connectivity index is 1.94. The molecule has 1 aliphatic heterocycles. The Morgan fingerprint density at radius 3 is 3.00 bits per heavy atom. The molecule has 2 atom stereocenters. The number of nitrogens with zero attached hydrogens (tertiary/aromatic N) is 1. The minimum Gasteiger partial charge on any atom is -0.389 e. The van der Waals surface area contributed by atoms with E-state index in [4.69, 9.17) is 4.74 Å². The first-order valence-corrected chi connectivity index (χ1v) is 8.09. The van der Waals surface area contributed by atoms with Gasteiger partial charge in [0.2, 0.25) is 0 Å². The number of hydrogen-bond donors (Lipinski definition) is 1. The van der Waals surface area contributed by atoms with Crippen LogP contribution in [0.2, 0.25) is 0 Å². The van der Waals surface area contributed by atoms with Gasteiger partial charge in [-0.2, -0.15) is 0 Å².